The van der Waals surface area contributed by atoms with E-state index in [0.29, 0.717) is 24.4 Å². The fraction of sp³-hybridized carbons (Fsp3) is 0.923. The number of carbonyl (C=O) groups is 1. The normalized spacial score (nSPS) is 17.6. The van der Waals surface area contributed by atoms with Crippen LogP contribution in [0.3, 0.4) is 0 Å². The van der Waals surface area contributed by atoms with Gasteiger partial charge in [0.05, 0.1) is 0 Å². The summed E-state index contributed by atoms with van der Waals surface area (Å²) in [5, 5.41) is 0. The highest BCUT2D eigenvalue weighted by Gasteiger charge is 2.34. The molecule has 1 saturated carbocycles. The molecule has 3 nitrogen and oxygen atoms in total. The van der Waals surface area contributed by atoms with Crippen molar-refractivity contribution in [2.75, 3.05) is 13.1 Å². The van der Waals surface area contributed by atoms with Crippen LogP contribution in [0, 0.1) is 11.8 Å². The highest BCUT2D eigenvalue weighted by Crippen LogP contribution is 2.29. The van der Waals surface area contributed by atoms with E-state index in [2.05, 4.69) is 18.7 Å². The summed E-state index contributed by atoms with van der Waals surface area (Å²) >= 11 is 0. The molecular weight excluding hydrogens is 200 g/mol. The third-order valence-corrected chi connectivity index (χ3v) is 3.10. The second-order valence-electron chi connectivity index (χ2n) is 5.45. The van der Waals surface area contributed by atoms with Gasteiger partial charge in [0.2, 0.25) is 5.91 Å². The van der Waals surface area contributed by atoms with Crippen molar-refractivity contribution in [2.45, 2.75) is 52.5 Å². The number of hydrogen-bond donors (Lipinski definition) is 1. The molecule has 1 aliphatic rings. The molecule has 0 saturated heterocycles. The van der Waals surface area contributed by atoms with Crippen LogP contribution < -0.4 is 5.73 Å². The van der Waals surface area contributed by atoms with Crippen LogP contribution >= 0.6 is 0 Å². The van der Waals surface area contributed by atoms with E-state index in [1.807, 2.05) is 6.92 Å². The van der Waals surface area contributed by atoms with Gasteiger partial charge in [0, 0.05) is 18.5 Å². The van der Waals surface area contributed by atoms with Crippen LogP contribution in [0.1, 0.15) is 46.5 Å². The molecule has 0 aromatic rings. The van der Waals surface area contributed by atoms with Crippen LogP contribution in [0.15, 0.2) is 0 Å². The third kappa shape index (κ3) is 4.12. The van der Waals surface area contributed by atoms with Crippen LogP contribution in [-0.4, -0.2) is 29.9 Å². The van der Waals surface area contributed by atoms with E-state index in [1.165, 1.54) is 12.8 Å². The molecule has 0 aromatic carbocycles. The quantitative estimate of drug-likeness (QED) is 0.722. The number of hydrogen-bond acceptors (Lipinski definition) is 2. The van der Waals surface area contributed by atoms with Gasteiger partial charge in [0.1, 0.15) is 0 Å². The summed E-state index contributed by atoms with van der Waals surface area (Å²) in [4.78, 5) is 14.4. The Morgan fingerprint density at radius 2 is 2.00 bits per heavy atom. The maximum atomic E-state index is 12.3. The van der Waals surface area contributed by atoms with Gasteiger partial charge >= 0.3 is 0 Å². The molecule has 0 radical (unpaired) electrons. The maximum absolute atomic E-state index is 12.3. The fourth-order valence-corrected chi connectivity index (χ4v) is 2.03. The zero-order valence-electron chi connectivity index (χ0n) is 10.9. The van der Waals surface area contributed by atoms with Gasteiger partial charge in [0.15, 0.2) is 0 Å². The number of rotatable bonds is 7. The van der Waals surface area contributed by atoms with Crippen molar-refractivity contribution < 1.29 is 4.79 Å². The van der Waals surface area contributed by atoms with Gasteiger partial charge in [-0.1, -0.05) is 20.8 Å². The lowest BCUT2D eigenvalue weighted by atomic mass is 10.0. The first-order valence-electron chi connectivity index (χ1n) is 6.56. The van der Waals surface area contributed by atoms with Crippen molar-refractivity contribution in [1.82, 2.24) is 4.90 Å². The van der Waals surface area contributed by atoms with Crippen molar-refractivity contribution in [2.24, 2.45) is 17.6 Å². The van der Waals surface area contributed by atoms with Gasteiger partial charge in [-0.2, -0.15) is 0 Å². The van der Waals surface area contributed by atoms with Crippen molar-refractivity contribution in [3.63, 3.8) is 0 Å². The first-order valence-corrected chi connectivity index (χ1v) is 6.56. The van der Waals surface area contributed by atoms with Crippen LogP contribution in [-0.2, 0) is 4.79 Å². The monoisotopic (exact) mass is 226 g/mol. The summed E-state index contributed by atoms with van der Waals surface area (Å²) in [6.45, 7) is 7.98. The van der Waals surface area contributed by atoms with E-state index in [1.54, 1.807) is 0 Å². The molecule has 1 atom stereocenters. The molecule has 0 spiro atoms. The summed E-state index contributed by atoms with van der Waals surface area (Å²) in [5.74, 6) is 1.04. The summed E-state index contributed by atoms with van der Waals surface area (Å²) in [5.41, 5.74) is 5.48. The minimum Gasteiger partial charge on any atom is -0.339 e. The summed E-state index contributed by atoms with van der Waals surface area (Å²) < 4.78 is 0. The zero-order valence-corrected chi connectivity index (χ0v) is 10.9. The van der Waals surface area contributed by atoms with Gasteiger partial charge in [-0.15, -0.1) is 0 Å². The molecule has 0 aliphatic heterocycles. The van der Waals surface area contributed by atoms with E-state index in [-0.39, 0.29) is 5.92 Å². The molecule has 1 fully saturated rings. The SMILES string of the molecule is CC(C)CN(C(=O)C(C)CCCN)C1CC1. The van der Waals surface area contributed by atoms with Crippen LogP contribution in [0.5, 0.6) is 0 Å². The average Bonchev–Trinajstić information content (AvgIpc) is 3.05. The Morgan fingerprint density at radius 1 is 1.38 bits per heavy atom. The molecule has 16 heavy (non-hydrogen) atoms. The van der Waals surface area contributed by atoms with Gasteiger partial charge in [-0.3, -0.25) is 4.79 Å². The molecule has 94 valence electrons. The van der Waals surface area contributed by atoms with Crippen molar-refractivity contribution >= 4 is 5.91 Å². The smallest absolute Gasteiger partial charge is 0.225 e. The molecule has 0 aromatic heterocycles. The summed E-state index contributed by atoms with van der Waals surface area (Å²) in [6, 6.07) is 0.537. The molecule has 1 rings (SSSR count). The number of amides is 1. The average molecular weight is 226 g/mol. The van der Waals surface area contributed by atoms with E-state index >= 15 is 0 Å². The van der Waals surface area contributed by atoms with Crippen molar-refractivity contribution in [1.29, 1.82) is 0 Å². The third-order valence-electron chi connectivity index (χ3n) is 3.10. The zero-order chi connectivity index (χ0) is 12.1. The summed E-state index contributed by atoms with van der Waals surface area (Å²) in [7, 11) is 0. The van der Waals surface area contributed by atoms with Crippen LogP contribution in [0.2, 0.25) is 0 Å². The molecule has 0 bridgehead atoms. The van der Waals surface area contributed by atoms with Crippen molar-refractivity contribution in [3.05, 3.63) is 0 Å². The Bertz CT molecular complexity index is 224. The minimum absolute atomic E-state index is 0.142. The second-order valence-corrected chi connectivity index (χ2v) is 5.45. The Hall–Kier alpha value is -0.570. The first-order chi connectivity index (χ1) is 7.56. The topological polar surface area (TPSA) is 46.3 Å². The number of nitrogens with two attached hydrogens (primary N) is 1. The molecule has 2 N–H and O–H groups in total. The molecule has 3 heteroatoms. The lowest BCUT2D eigenvalue weighted by Crippen LogP contribution is -2.39. The van der Waals surface area contributed by atoms with Crippen molar-refractivity contribution in [3.8, 4) is 0 Å². The van der Waals surface area contributed by atoms with Gasteiger partial charge in [-0.05, 0) is 38.1 Å². The summed E-state index contributed by atoms with van der Waals surface area (Å²) in [6.07, 6.45) is 4.27. The lowest BCUT2D eigenvalue weighted by molar-refractivity contribution is -0.136. The molecular formula is C13H26N2O. The molecule has 1 amide bonds. The number of nitrogens with zero attached hydrogens (tertiary/aromatic N) is 1. The molecule has 1 aliphatic carbocycles. The standard InChI is InChI=1S/C13H26N2O/c1-10(2)9-15(12-6-7-12)13(16)11(3)5-4-8-14/h10-12H,4-9,14H2,1-3H3. The van der Waals surface area contributed by atoms with Gasteiger partial charge in [-0.25, -0.2) is 0 Å². The van der Waals surface area contributed by atoms with Crippen LogP contribution in [0.4, 0.5) is 0 Å². The van der Waals surface area contributed by atoms with E-state index in [0.717, 1.165) is 19.4 Å². The highest BCUT2D eigenvalue weighted by atomic mass is 16.2. The Kier molecular flexibility index (Phi) is 5.26. The molecule has 0 heterocycles. The lowest BCUT2D eigenvalue weighted by Gasteiger charge is -2.27. The largest absolute Gasteiger partial charge is 0.339 e. The Labute approximate surface area is 99.4 Å². The Morgan fingerprint density at radius 3 is 2.44 bits per heavy atom. The highest BCUT2D eigenvalue weighted by molar-refractivity contribution is 5.79. The second kappa shape index (κ2) is 6.24. The van der Waals surface area contributed by atoms with Crippen LogP contribution in [0.25, 0.3) is 0 Å². The van der Waals surface area contributed by atoms with Gasteiger partial charge in [0.25, 0.3) is 0 Å². The van der Waals surface area contributed by atoms with E-state index in [4.69, 9.17) is 5.73 Å². The van der Waals surface area contributed by atoms with E-state index < -0.39 is 0 Å². The van der Waals surface area contributed by atoms with E-state index in [9.17, 15) is 4.79 Å². The van der Waals surface area contributed by atoms with Gasteiger partial charge < -0.3 is 10.6 Å². The number of carbonyl (C=O) groups excluding carboxylic acids is 1. The maximum Gasteiger partial charge on any atom is 0.225 e. The predicted octanol–water partition coefficient (Wildman–Crippen LogP) is 2.01. The fourth-order valence-electron chi connectivity index (χ4n) is 2.03. The predicted molar refractivity (Wildman–Crippen MR) is 67.0 cm³/mol. The first kappa shape index (κ1) is 13.5. The molecule has 1 unspecified atom stereocenters. The minimum atomic E-state index is 0.142. The Balaban J connectivity index is 2.46.